The number of nitrogens with one attached hydrogen (secondary N) is 2. The Kier molecular flexibility index (Phi) is 11.4. The van der Waals surface area contributed by atoms with Crippen molar-refractivity contribution in [3.8, 4) is 5.75 Å². The summed E-state index contributed by atoms with van der Waals surface area (Å²) < 4.78 is 17.6. The molecule has 0 unspecified atom stereocenters. The Bertz CT molecular complexity index is 1120. The number of aromatic nitrogens is 1. The van der Waals surface area contributed by atoms with Crippen molar-refractivity contribution in [2.75, 3.05) is 51.0 Å². The van der Waals surface area contributed by atoms with Gasteiger partial charge in [0.05, 0.1) is 30.4 Å². The molecule has 1 aromatic carbocycles. The zero-order valence-electron chi connectivity index (χ0n) is 24.8. The molecule has 222 valence electrons. The standard InChI is InChI=1S/C29H45N5O6/c1-18-15-34(19(2)17-35)28(36)24-14-23(30-29(37)31-27-21(4)32-40-22(27)5)11-12-25(24)39-20(3)10-8-9-13-38-26(18)16-33(6)7/h11-12,14,18-20,26,35H,8-10,13,15-17H2,1-7H3,(H2,30,31,37)/t18-,19+,20-,26-/m1/s1. The molecule has 11 heteroatoms. The van der Waals surface area contributed by atoms with E-state index >= 15 is 0 Å². The summed E-state index contributed by atoms with van der Waals surface area (Å²) in [6.45, 7) is 10.9. The van der Waals surface area contributed by atoms with Gasteiger partial charge in [-0.15, -0.1) is 0 Å². The maximum absolute atomic E-state index is 14.1. The van der Waals surface area contributed by atoms with Crippen LogP contribution >= 0.6 is 0 Å². The number of hydrogen-bond donors (Lipinski definition) is 3. The third kappa shape index (κ3) is 8.42. The Balaban J connectivity index is 1.94. The normalized spacial score (nSPS) is 21.8. The van der Waals surface area contributed by atoms with Crippen LogP contribution in [0.1, 0.15) is 61.8 Å². The number of nitrogens with zero attached hydrogens (tertiary/aromatic N) is 3. The van der Waals surface area contributed by atoms with Crippen LogP contribution in [0.4, 0.5) is 16.2 Å². The number of aliphatic hydroxyl groups is 1. The first-order valence-electron chi connectivity index (χ1n) is 14.0. The number of carbonyl (C=O) groups excluding carboxylic acids is 2. The van der Waals surface area contributed by atoms with Crippen molar-refractivity contribution in [3.05, 3.63) is 35.2 Å². The second kappa shape index (κ2) is 14.5. The number of fused-ring (bicyclic) bond motifs is 1. The first-order valence-corrected chi connectivity index (χ1v) is 14.0. The lowest BCUT2D eigenvalue weighted by atomic mass is 10.0. The molecule has 0 bridgehead atoms. The number of benzene rings is 1. The van der Waals surface area contributed by atoms with Crippen molar-refractivity contribution in [1.82, 2.24) is 15.0 Å². The summed E-state index contributed by atoms with van der Waals surface area (Å²) in [6.07, 6.45) is 2.45. The van der Waals surface area contributed by atoms with Gasteiger partial charge in [-0.3, -0.25) is 4.79 Å². The Morgan fingerprint density at radius 1 is 1.23 bits per heavy atom. The van der Waals surface area contributed by atoms with Crippen molar-refractivity contribution in [3.63, 3.8) is 0 Å². The minimum Gasteiger partial charge on any atom is -0.490 e. The summed E-state index contributed by atoms with van der Waals surface area (Å²) in [5.41, 5.74) is 1.80. The number of aliphatic hydroxyl groups excluding tert-OH is 1. The van der Waals surface area contributed by atoms with Gasteiger partial charge in [-0.1, -0.05) is 12.1 Å². The van der Waals surface area contributed by atoms with Crippen LogP contribution in [0.25, 0.3) is 0 Å². The third-order valence-corrected chi connectivity index (χ3v) is 7.13. The number of likely N-dealkylation sites (N-methyl/N-ethyl adjacent to an activating group) is 1. The SMILES string of the molecule is Cc1noc(C)c1NC(=O)Nc1ccc2c(c1)C(=O)N([C@@H](C)CO)C[C@@H](C)[C@@H](CN(C)C)OCCCC[C@@H](C)O2. The fraction of sp³-hybridized carbons (Fsp3) is 0.621. The van der Waals surface area contributed by atoms with Crippen molar-refractivity contribution < 1.29 is 28.7 Å². The molecule has 1 aromatic heterocycles. The predicted molar refractivity (Wildman–Crippen MR) is 154 cm³/mol. The van der Waals surface area contributed by atoms with Crippen LogP contribution in [-0.4, -0.2) is 90.6 Å². The van der Waals surface area contributed by atoms with E-state index in [2.05, 4.69) is 27.6 Å². The number of rotatable bonds is 6. The zero-order chi connectivity index (χ0) is 29.4. The molecular formula is C29H45N5O6. The molecular weight excluding hydrogens is 514 g/mol. The van der Waals surface area contributed by atoms with Crippen molar-refractivity contribution in [2.24, 2.45) is 5.92 Å². The summed E-state index contributed by atoms with van der Waals surface area (Å²) in [6, 6.07) is 4.11. The van der Waals surface area contributed by atoms with Crippen LogP contribution in [0, 0.1) is 19.8 Å². The Morgan fingerprint density at radius 2 is 1.98 bits per heavy atom. The lowest BCUT2D eigenvalue weighted by Crippen LogP contribution is -2.47. The summed E-state index contributed by atoms with van der Waals surface area (Å²) in [7, 11) is 4.01. The summed E-state index contributed by atoms with van der Waals surface area (Å²) in [5.74, 6) is 0.656. The fourth-order valence-electron chi connectivity index (χ4n) is 4.76. The van der Waals surface area contributed by atoms with Gasteiger partial charge in [0.15, 0.2) is 5.76 Å². The maximum atomic E-state index is 14.1. The van der Waals surface area contributed by atoms with Crippen molar-refractivity contribution in [2.45, 2.75) is 72.1 Å². The Labute approximate surface area is 237 Å². The van der Waals surface area contributed by atoms with Crippen LogP contribution in [0.2, 0.25) is 0 Å². The van der Waals surface area contributed by atoms with Crippen LogP contribution in [-0.2, 0) is 4.74 Å². The second-order valence-electron chi connectivity index (χ2n) is 11.1. The van der Waals surface area contributed by atoms with Crippen LogP contribution < -0.4 is 15.4 Å². The topological polar surface area (TPSA) is 129 Å². The highest BCUT2D eigenvalue weighted by molar-refractivity contribution is 6.03. The van der Waals surface area contributed by atoms with Crippen molar-refractivity contribution >= 4 is 23.3 Å². The van der Waals surface area contributed by atoms with Gasteiger partial charge in [-0.05, 0) is 79.3 Å². The second-order valence-corrected chi connectivity index (χ2v) is 11.1. The molecule has 0 spiro atoms. The lowest BCUT2D eigenvalue weighted by Gasteiger charge is -2.35. The largest absolute Gasteiger partial charge is 0.490 e. The minimum atomic E-state index is -0.491. The number of amides is 3. The van der Waals surface area contributed by atoms with Gasteiger partial charge in [0.2, 0.25) is 0 Å². The summed E-state index contributed by atoms with van der Waals surface area (Å²) in [5, 5.41) is 19.5. The molecule has 2 heterocycles. The molecule has 0 radical (unpaired) electrons. The van der Waals surface area contributed by atoms with E-state index in [4.69, 9.17) is 14.0 Å². The molecule has 40 heavy (non-hydrogen) atoms. The highest BCUT2D eigenvalue weighted by Gasteiger charge is 2.30. The molecule has 1 aliphatic heterocycles. The molecule has 2 aromatic rings. The van der Waals surface area contributed by atoms with Crippen LogP contribution in [0.3, 0.4) is 0 Å². The summed E-state index contributed by atoms with van der Waals surface area (Å²) >= 11 is 0. The van der Waals surface area contributed by atoms with Crippen LogP contribution in [0.5, 0.6) is 5.75 Å². The molecule has 3 N–H and O–H groups in total. The number of aryl methyl sites for hydroxylation is 2. The van der Waals surface area contributed by atoms with E-state index in [1.165, 1.54) is 0 Å². The number of ether oxygens (including phenoxy) is 2. The molecule has 0 saturated carbocycles. The van der Waals surface area contributed by atoms with Crippen molar-refractivity contribution in [1.29, 1.82) is 0 Å². The average molecular weight is 560 g/mol. The van der Waals surface area contributed by atoms with Crippen LogP contribution in [0.15, 0.2) is 22.7 Å². The van der Waals surface area contributed by atoms with Gasteiger partial charge >= 0.3 is 6.03 Å². The Morgan fingerprint density at radius 3 is 2.62 bits per heavy atom. The molecule has 3 amide bonds. The fourth-order valence-corrected chi connectivity index (χ4v) is 4.76. The molecule has 0 aliphatic carbocycles. The first kappa shape index (κ1) is 31.4. The monoisotopic (exact) mass is 559 g/mol. The van der Waals surface area contributed by atoms with E-state index in [0.717, 1.165) is 25.8 Å². The van der Waals surface area contributed by atoms with E-state index in [0.29, 0.717) is 47.3 Å². The number of urea groups is 1. The quantitative estimate of drug-likeness (QED) is 0.478. The average Bonchev–Trinajstić information content (AvgIpc) is 3.22. The van der Waals surface area contributed by atoms with Gasteiger partial charge in [0.1, 0.15) is 17.1 Å². The third-order valence-electron chi connectivity index (χ3n) is 7.13. The highest BCUT2D eigenvalue weighted by Crippen LogP contribution is 2.29. The van der Waals surface area contributed by atoms with Gasteiger partial charge in [0, 0.05) is 31.3 Å². The van der Waals surface area contributed by atoms with E-state index < -0.39 is 12.1 Å². The van der Waals surface area contributed by atoms with Gasteiger partial charge < -0.3 is 39.5 Å². The Hall–Kier alpha value is -3.15. The first-order chi connectivity index (χ1) is 19.0. The van der Waals surface area contributed by atoms with Gasteiger partial charge in [-0.2, -0.15) is 0 Å². The molecule has 11 nitrogen and oxygen atoms in total. The molecule has 1 aliphatic rings. The smallest absolute Gasteiger partial charge is 0.323 e. The van der Waals surface area contributed by atoms with Gasteiger partial charge in [0.25, 0.3) is 5.91 Å². The van der Waals surface area contributed by atoms with E-state index in [9.17, 15) is 14.7 Å². The molecule has 0 fully saturated rings. The minimum absolute atomic E-state index is 0.00807. The van der Waals surface area contributed by atoms with Gasteiger partial charge in [-0.25, -0.2) is 4.79 Å². The number of anilines is 2. The summed E-state index contributed by atoms with van der Waals surface area (Å²) in [4.78, 5) is 30.6. The van der Waals surface area contributed by atoms with E-state index in [1.54, 1.807) is 36.9 Å². The number of carbonyl (C=O) groups is 2. The molecule has 4 atom stereocenters. The van der Waals surface area contributed by atoms with E-state index in [1.807, 2.05) is 27.9 Å². The predicted octanol–water partition coefficient (Wildman–Crippen LogP) is 4.29. The zero-order valence-corrected chi connectivity index (χ0v) is 24.8. The highest BCUT2D eigenvalue weighted by atomic mass is 16.5. The number of hydrogen-bond acceptors (Lipinski definition) is 8. The lowest BCUT2D eigenvalue weighted by molar-refractivity contribution is -0.0137. The molecule has 0 saturated heterocycles. The van der Waals surface area contributed by atoms with E-state index in [-0.39, 0.29) is 30.6 Å². The molecule has 3 rings (SSSR count). The maximum Gasteiger partial charge on any atom is 0.323 e.